The topological polar surface area (TPSA) is 15.3 Å². The van der Waals surface area contributed by atoms with Crippen molar-refractivity contribution >= 4 is 11.8 Å². The van der Waals surface area contributed by atoms with Crippen molar-refractivity contribution in [2.24, 2.45) is 0 Å². The molecule has 0 unspecified atom stereocenters. The second kappa shape index (κ2) is 5.15. The molecule has 1 aliphatic heterocycles. The van der Waals surface area contributed by atoms with E-state index in [1.807, 2.05) is 0 Å². The Morgan fingerprint density at radius 1 is 1.39 bits per heavy atom. The van der Waals surface area contributed by atoms with Crippen molar-refractivity contribution < 1.29 is 0 Å². The first kappa shape index (κ1) is 11.8. The summed E-state index contributed by atoms with van der Waals surface area (Å²) in [5, 5.41) is 3.50. The van der Waals surface area contributed by atoms with E-state index in [1.165, 1.54) is 49.0 Å². The fourth-order valence-electron chi connectivity index (χ4n) is 2.63. The Hall–Kier alpha value is -1.28. The molecule has 1 heterocycles. The summed E-state index contributed by atoms with van der Waals surface area (Å²) >= 11 is 0. The molecule has 0 aromatic heterocycles. The zero-order valence-corrected chi connectivity index (χ0v) is 11.2. The van der Waals surface area contributed by atoms with Crippen molar-refractivity contribution in [1.82, 2.24) is 5.32 Å². The summed E-state index contributed by atoms with van der Waals surface area (Å²) in [4.78, 5) is 2.36. The summed E-state index contributed by atoms with van der Waals surface area (Å²) in [6.07, 6.45) is 9.70. The molecule has 1 N–H and O–H groups in total. The molecule has 18 heavy (non-hydrogen) atoms. The lowest BCUT2D eigenvalue weighted by molar-refractivity contribution is 0.744. The summed E-state index contributed by atoms with van der Waals surface area (Å²) in [6.45, 7) is 2.19. The predicted octanol–water partition coefficient (Wildman–Crippen LogP) is 2.83. The van der Waals surface area contributed by atoms with Crippen molar-refractivity contribution in [2.45, 2.75) is 31.7 Å². The highest BCUT2D eigenvalue weighted by Crippen LogP contribution is 2.27. The fourth-order valence-corrected chi connectivity index (χ4v) is 2.63. The molecule has 2 nitrogen and oxygen atoms in total. The van der Waals surface area contributed by atoms with Crippen LogP contribution in [-0.2, 0) is 6.42 Å². The van der Waals surface area contributed by atoms with Crippen LogP contribution in [0.2, 0.25) is 0 Å². The minimum Gasteiger partial charge on any atom is -0.374 e. The summed E-state index contributed by atoms with van der Waals surface area (Å²) in [6, 6.07) is 7.64. The predicted molar refractivity (Wildman–Crippen MR) is 78.1 cm³/mol. The number of nitrogens with one attached hydrogen (secondary N) is 1. The van der Waals surface area contributed by atoms with Gasteiger partial charge in [-0.2, -0.15) is 0 Å². The smallest absolute Gasteiger partial charge is 0.0396 e. The maximum Gasteiger partial charge on any atom is 0.0396 e. The molecule has 3 rings (SSSR count). The third kappa shape index (κ3) is 2.75. The lowest BCUT2D eigenvalue weighted by Crippen LogP contribution is -2.24. The van der Waals surface area contributed by atoms with E-state index < -0.39 is 0 Å². The average Bonchev–Trinajstić information content (AvgIpc) is 3.19. The Kier molecular flexibility index (Phi) is 3.37. The fraction of sp³-hybridized carbons (Fsp3) is 0.500. The Bertz CT molecular complexity index is 446. The molecule has 0 atom stereocenters. The number of aryl methyl sites for hydroxylation is 1. The molecule has 0 radical (unpaired) electrons. The lowest BCUT2D eigenvalue weighted by atomic mass is 9.99. The third-order valence-corrected chi connectivity index (χ3v) is 3.87. The third-order valence-electron chi connectivity index (χ3n) is 3.87. The van der Waals surface area contributed by atoms with E-state index in [2.05, 4.69) is 47.6 Å². The molecule has 1 fully saturated rings. The van der Waals surface area contributed by atoms with Gasteiger partial charge in [0.25, 0.3) is 0 Å². The van der Waals surface area contributed by atoms with Crippen LogP contribution >= 0.6 is 0 Å². The molecule has 0 amide bonds. The van der Waals surface area contributed by atoms with Gasteiger partial charge in [-0.3, -0.25) is 0 Å². The molecular formula is C16H22N2. The number of hydrogen-bond acceptors (Lipinski definition) is 2. The van der Waals surface area contributed by atoms with Gasteiger partial charge in [-0.1, -0.05) is 18.2 Å². The Morgan fingerprint density at radius 2 is 2.28 bits per heavy atom. The van der Waals surface area contributed by atoms with E-state index in [0.29, 0.717) is 0 Å². The monoisotopic (exact) mass is 242 g/mol. The first-order valence-electron chi connectivity index (χ1n) is 7.07. The van der Waals surface area contributed by atoms with Gasteiger partial charge in [0.1, 0.15) is 0 Å². The van der Waals surface area contributed by atoms with Crippen LogP contribution in [0.15, 0.2) is 24.3 Å². The minimum atomic E-state index is 0.798. The van der Waals surface area contributed by atoms with Gasteiger partial charge >= 0.3 is 0 Å². The highest BCUT2D eigenvalue weighted by atomic mass is 15.1. The van der Waals surface area contributed by atoms with Crippen LogP contribution in [-0.4, -0.2) is 26.2 Å². The maximum atomic E-state index is 3.50. The number of benzene rings is 1. The molecule has 1 saturated carbocycles. The van der Waals surface area contributed by atoms with Crippen LogP contribution in [0.1, 0.15) is 30.4 Å². The van der Waals surface area contributed by atoms with Crippen LogP contribution in [0.3, 0.4) is 0 Å². The van der Waals surface area contributed by atoms with Gasteiger partial charge in [-0.25, -0.2) is 0 Å². The van der Waals surface area contributed by atoms with Crippen LogP contribution in [0.25, 0.3) is 6.08 Å². The molecule has 0 spiro atoms. The second-order valence-corrected chi connectivity index (χ2v) is 5.50. The largest absolute Gasteiger partial charge is 0.374 e. The number of hydrogen-bond donors (Lipinski definition) is 1. The summed E-state index contributed by atoms with van der Waals surface area (Å²) < 4.78 is 0. The van der Waals surface area contributed by atoms with Crippen LogP contribution < -0.4 is 10.2 Å². The van der Waals surface area contributed by atoms with E-state index in [-0.39, 0.29) is 0 Å². The number of fused-ring (bicyclic) bond motifs is 1. The van der Waals surface area contributed by atoms with Crippen LogP contribution in [0.4, 0.5) is 5.69 Å². The van der Waals surface area contributed by atoms with Gasteiger partial charge in [0.15, 0.2) is 0 Å². The molecule has 2 heteroatoms. The zero-order valence-electron chi connectivity index (χ0n) is 11.2. The van der Waals surface area contributed by atoms with Crippen LogP contribution in [0.5, 0.6) is 0 Å². The van der Waals surface area contributed by atoms with Gasteiger partial charge in [0, 0.05) is 31.9 Å². The van der Waals surface area contributed by atoms with E-state index in [0.717, 1.165) is 12.6 Å². The molecule has 1 aromatic rings. The molecule has 1 aliphatic carbocycles. The quantitative estimate of drug-likeness (QED) is 0.873. The summed E-state index contributed by atoms with van der Waals surface area (Å²) in [7, 11) is 2.19. The first-order valence-corrected chi connectivity index (χ1v) is 7.07. The molecular weight excluding hydrogens is 220 g/mol. The summed E-state index contributed by atoms with van der Waals surface area (Å²) in [5.74, 6) is 0. The summed E-state index contributed by atoms with van der Waals surface area (Å²) in [5.41, 5.74) is 4.25. The second-order valence-electron chi connectivity index (χ2n) is 5.50. The Morgan fingerprint density at radius 3 is 3.11 bits per heavy atom. The Balaban J connectivity index is 1.65. The highest BCUT2D eigenvalue weighted by Gasteiger charge is 2.19. The average molecular weight is 242 g/mol. The number of rotatable bonds is 4. The molecule has 96 valence electrons. The van der Waals surface area contributed by atoms with E-state index in [1.54, 1.807) is 0 Å². The molecule has 2 aliphatic rings. The van der Waals surface area contributed by atoms with Crippen molar-refractivity contribution in [2.75, 3.05) is 25.0 Å². The van der Waals surface area contributed by atoms with Crippen molar-refractivity contribution in [3.8, 4) is 0 Å². The van der Waals surface area contributed by atoms with E-state index in [9.17, 15) is 0 Å². The number of anilines is 1. The Labute approximate surface area is 110 Å². The van der Waals surface area contributed by atoms with Gasteiger partial charge in [-0.15, -0.1) is 0 Å². The van der Waals surface area contributed by atoms with Crippen molar-refractivity contribution in [3.05, 3.63) is 35.4 Å². The SMILES string of the molecule is CN1CCCc2cc(C=CCNC3CC3)ccc21. The minimum absolute atomic E-state index is 0.798. The molecule has 1 aromatic carbocycles. The standard InChI is InChI=1S/C16H22N2/c1-18-11-3-5-14-12-13(6-9-16(14)18)4-2-10-17-15-7-8-15/h2,4,6,9,12,15,17H,3,5,7-8,10-11H2,1H3. The zero-order chi connectivity index (χ0) is 12.4. The highest BCUT2D eigenvalue weighted by molar-refractivity contribution is 5.61. The molecule has 0 saturated heterocycles. The van der Waals surface area contributed by atoms with E-state index in [4.69, 9.17) is 0 Å². The van der Waals surface area contributed by atoms with Gasteiger partial charge in [0.2, 0.25) is 0 Å². The lowest BCUT2D eigenvalue weighted by Gasteiger charge is -2.27. The normalized spacial score (nSPS) is 19.3. The number of nitrogens with zero attached hydrogens (tertiary/aromatic N) is 1. The van der Waals surface area contributed by atoms with Gasteiger partial charge in [0.05, 0.1) is 0 Å². The molecule has 0 bridgehead atoms. The van der Waals surface area contributed by atoms with Gasteiger partial charge < -0.3 is 10.2 Å². The van der Waals surface area contributed by atoms with Crippen molar-refractivity contribution in [1.29, 1.82) is 0 Å². The van der Waals surface area contributed by atoms with Crippen molar-refractivity contribution in [3.63, 3.8) is 0 Å². The van der Waals surface area contributed by atoms with Gasteiger partial charge in [-0.05, 0) is 48.9 Å². The van der Waals surface area contributed by atoms with E-state index >= 15 is 0 Å². The maximum absolute atomic E-state index is 3.50. The van der Waals surface area contributed by atoms with Crippen LogP contribution in [0, 0.1) is 0 Å². The first-order chi connectivity index (χ1) is 8.83.